The summed E-state index contributed by atoms with van der Waals surface area (Å²) in [6.07, 6.45) is 1.92. The van der Waals surface area contributed by atoms with Gasteiger partial charge in [-0.25, -0.2) is 4.98 Å². The quantitative estimate of drug-likeness (QED) is 0.156. The van der Waals surface area contributed by atoms with Crippen LogP contribution >= 0.6 is 11.8 Å². The predicted octanol–water partition coefficient (Wildman–Crippen LogP) is 11.5. The molecule has 244 valence electrons. The Morgan fingerprint density at radius 2 is 1.32 bits per heavy atom. The molecule has 0 radical (unpaired) electrons. The minimum absolute atomic E-state index is 0. The number of rotatable bonds is 6. The van der Waals surface area contributed by atoms with Gasteiger partial charge in [-0.05, 0) is 84.0 Å². The molecular weight excluding hydrogens is 812 g/mol. The number of benzene rings is 6. The number of hydrogen-bond donors (Lipinski definition) is 0. The van der Waals surface area contributed by atoms with E-state index >= 15 is 0 Å². The second-order valence-corrected chi connectivity index (χ2v) is 13.5. The summed E-state index contributed by atoms with van der Waals surface area (Å²) in [5.41, 5.74) is 11.7. The molecule has 8 aromatic rings. The van der Waals surface area contributed by atoms with E-state index in [9.17, 15) is 0 Å². The summed E-state index contributed by atoms with van der Waals surface area (Å²) >= 11 is 1.69. The number of anilines is 4. The predicted molar refractivity (Wildman–Crippen MR) is 204 cm³/mol. The van der Waals surface area contributed by atoms with E-state index in [2.05, 4.69) is 180 Å². The number of para-hydroxylation sites is 4. The van der Waals surface area contributed by atoms with Crippen molar-refractivity contribution in [2.45, 2.75) is 23.6 Å². The molecule has 0 saturated carbocycles. The van der Waals surface area contributed by atoms with Gasteiger partial charge in [0.2, 0.25) is 0 Å². The van der Waals surface area contributed by atoms with Gasteiger partial charge in [0.05, 0.1) is 18.0 Å². The molecule has 6 aromatic carbocycles. The summed E-state index contributed by atoms with van der Waals surface area (Å²) in [5, 5.41) is 2.35. The number of fused-ring (bicyclic) bond motifs is 4. The van der Waals surface area contributed by atoms with Crippen molar-refractivity contribution in [1.82, 2.24) is 9.55 Å². The third-order valence-electron chi connectivity index (χ3n) is 9.38. The zero-order chi connectivity index (χ0) is 32.9. The minimum atomic E-state index is 0. The molecule has 2 aromatic heterocycles. The van der Waals surface area contributed by atoms with E-state index in [-0.39, 0.29) is 21.1 Å². The fraction of sp³-hybridized carbons (Fsp3) is 0.0682. The molecule has 0 fully saturated rings. The Labute approximate surface area is 311 Å². The van der Waals surface area contributed by atoms with Crippen molar-refractivity contribution in [3.63, 3.8) is 0 Å². The Hall–Kier alpha value is -5.09. The Kier molecular flexibility index (Phi) is 8.56. The minimum Gasteiger partial charge on any atom is -0.345 e. The SMILES string of the molecule is Cc1cccc(C)c1-c1ccnc(-n2c3[c-]c(Sc4[c-]c(N5CN(c6ccccc6)c6ccccc65)ccc4)ccc3c3ccccc32)c1.[Pt+2]. The number of aryl methyl sites for hydroxylation is 2. The number of nitrogens with zero attached hydrogens (tertiary/aromatic N) is 4. The molecule has 0 N–H and O–H groups in total. The van der Waals surface area contributed by atoms with Crippen LogP contribution in [0.25, 0.3) is 38.8 Å². The normalized spacial score (nSPS) is 12.4. The van der Waals surface area contributed by atoms with Crippen LogP contribution in [0.3, 0.4) is 0 Å². The number of pyridine rings is 1. The Bertz CT molecular complexity index is 2490. The van der Waals surface area contributed by atoms with E-state index in [1.54, 1.807) is 11.8 Å². The number of aromatic nitrogens is 2. The first-order valence-electron chi connectivity index (χ1n) is 16.5. The van der Waals surface area contributed by atoms with Crippen molar-refractivity contribution in [2.75, 3.05) is 16.5 Å². The average Bonchev–Trinajstić information content (AvgIpc) is 3.68. The maximum atomic E-state index is 4.90. The number of hydrogen-bond acceptors (Lipinski definition) is 4. The molecule has 0 spiro atoms. The summed E-state index contributed by atoms with van der Waals surface area (Å²) in [6.45, 7) is 5.07. The van der Waals surface area contributed by atoms with Gasteiger partial charge in [-0.15, -0.1) is 45.1 Å². The van der Waals surface area contributed by atoms with Crippen LogP contribution in [0.15, 0.2) is 156 Å². The zero-order valence-electron chi connectivity index (χ0n) is 27.6. The van der Waals surface area contributed by atoms with Crippen LogP contribution in [-0.4, -0.2) is 16.2 Å². The smallest absolute Gasteiger partial charge is 0.345 e. The van der Waals surface area contributed by atoms with E-state index < -0.39 is 0 Å². The van der Waals surface area contributed by atoms with Crippen LogP contribution < -0.4 is 9.80 Å². The van der Waals surface area contributed by atoms with Crippen molar-refractivity contribution in [3.05, 3.63) is 169 Å². The molecule has 1 aliphatic heterocycles. The van der Waals surface area contributed by atoms with E-state index in [1.165, 1.54) is 39.1 Å². The molecule has 4 nitrogen and oxygen atoms in total. The van der Waals surface area contributed by atoms with Gasteiger partial charge in [-0.3, -0.25) is 0 Å². The topological polar surface area (TPSA) is 24.3 Å². The first-order chi connectivity index (χ1) is 24.1. The molecule has 0 bridgehead atoms. The first kappa shape index (κ1) is 32.1. The van der Waals surface area contributed by atoms with Gasteiger partial charge in [0.15, 0.2) is 0 Å². The van der Waals surface area contributed by atoms with Gasteiger partial charge < -0.3 is 14.4 Å². The van der Waals surface area contributed by atoms with Crippen molar-refractivity contribution in [3.8, 4) is 16.9 Å². The monoisotopic (exact) mass is 843 g/mol. The molecule has 0 unspecified atom stereocenters. The van der Waals surface area contributed by atoms with Crippen molar-refractivity contribution < 1.29 is 21.1 Å². The van der Waals surface area contributed by atoms with Crippen LogP contribution in [0, 0.1) is 26.0 Å². The summed E-state index contributed by atoms with van der Waals surface area (Å²) in [4.78, 5) is 11.7. The third kappa shape index (κ3) is 5.61. The van der Waals surface area contributed by atoms with Gasteiger partial charge in [0, 0.05) is 17.4 Å². The Morgan fingerprint density at radius 3 is 2.14 bits per heavy atom. The molecule has 50 heavy (non-hydrogen) atoms. The van der Waals surface area contributed by atoms with Gasteiger partial charge in [0.1, 0.15) is 5.82 Å². The van der Waals surface area contributed by atoms with E-state index in [0.717, 1.165) is 49.9 Å². The van der Waals surface area contributed by atoms with Crippen molar-refractivity contribution >= 4 is 56.3 Å². The molecule has 0 aliphatic carbocycles. The summed E-state index contributed by atoms with van der Waals surface area (Å²) in [7, 11) is 0. The van der Waals surface area contributed by atoms with Gasteiger partial charge in [-0.1, -0.05) is 77.9 Å². The van der Waals surface area contributed by atoms with Crippen LogP contribution in [0.1, 0.15) is 11.1 Å². The second-order valence-electron chi connectivity index (χ2n) is 12.4. The maximum Gasteiger partial charge on any atom is 2.00 e. The fourth-order valence-electron chi connectivity index (χ4n) is 7.16. The van der Waals surface area contributed by atoms with Crippen molar-refractivity contribution in [2.24, 2.45) is 0 Å². The molecule has 0 saturated heterocycles. The molecular formula is C44H32N4PtS. The summed E-state index contributed by atoms with van der Waals surface area (Å²) < 4.78 is 2.26. The van der Waals surface area contributed by atoms with Crippen LogP contribution in [0.2, 0.25) is 0 Å². The van der Waals surface area contributed by atoms with E-state index in [1.807, 2.05) is 6.20 Å². The van der Waals surface area contributed by atoms with Crippen LogP contribution in [0.4, 0.5) is 22.7 Å². The van der Waals surface area contributed by atoms with Crippen LogP contribution in [-0.2, 0) is 21.1 Å². The Balaban J connectivity index is 0.00000361. The third-order valence-corrected chi connectivity index (χ3v) is 10.3. The summed E-state index contributed by atoms with van der Waals surface area (Å²) in [5.74, 6) is 0.883. The van der Waals surface area contributed by atoms with Gasteiger partial charge in [0.25, 0.3) is 0 Å². The molecule has 3 heterocycles. The molecule has 0 amide bonds. The van der Waals surface area contributed by atoms with Crippen LogP contribution in [0.5, 0.6) is 0 Å². The second kappa shape index (κ2) is 13.3. The van der Waals surface area contributed by atoms with E-state index in [4.69, 9.17) is 4.98 Å². The Morgan fingerprint density at radius 1 is 0.620 bits per heavy atom. The molecule has 6 heteroatoms. The average molecular weight is 844 g/mol. The summed E-state index contributed by atoms with van der Waals surface area (Å²) in [6, 6.07) is 56.8. The molecule has 9 rings (SSSR count). The fourth-order valence-corrected chi connectivity index (χ4v) is 7.98. The molecule has 1 aliphatic rings. The van der Waals surface area contributed by atoms with Crippen molar-refractivity contribution in [1.29, 1.82) is 0 Å². The first-order valence-corrected chi connectivity index (χ1v) is 17.3. The molecule has 0 atom stereocenters. The van der Waals surface area contributed by atoms with E-state index in [0.29, 0.717) is 0 Å². The maximum absolute atomic E-state index is 4.90. The largest absolute Gasteiger partial charge is 2.00 e. The zero-order valence-corrected chi connectivity index (χ0v) is 30.7. The van der Waals surface area contributed by atoms with Gasteiger partial charge in [-0.2, -0.15) is 24.3 Å². The van der Waals surface area contributed by atoms with Gasteiger partial charge >= 0.3 is 21.1 Å². The standard InChI is InChI=1S/C44H32N4S.Pt/c1-30-12-10-13-31(2)44(30)32-24-25-45-43(26-32)48-39-19-7-6-18-37(39)38-23-22-36(28-42(38)48)49-35-17-11-16-34(27-35)47-29-46(33-14-4-3-5-15-33)40-20-8-9-21-41(40)47;/h3-26H,29H2,1-2H3;/q-2;+2.